The van der Waals surface area contributed by atoms with Crippen LogP contribution in [0.25, 0.3) is 5.82 Å². The van der Waals surface area contributed by atoms with Gasteiger partial charge in [0.2, 0.25) is 0 Å². The highest BCUT2D eigenvalue weighted by Crippen LogP contribution is 2.18. The highest BCUT2D eigenvalue weighted by Gasteiger charge is 2.22. The van der Waals surface area contributed by atoms with Crippen LogP contribution in [0.3, 0.4) is 0 Å². The summed E-state index contributed by atoms with van der Waals surface area (Å²) in [5.74, 6) is 1.61. The van der Waals surface area contributed by atoms with Crippen molar-refractivity contribution in [2.45, 2.75) is 31.9 Å². The van der Waals surface area contributed by atoms with Crippen LogP contribution in [-0.4, -0.2) is 38.3 Å². The summed E-state index contributed by atoms with van der Waals surface area (Å²) in [5, 5.41) is 3.38. The summed E-state index contributed by atoms with van der Waals surface area (Å²) in [6.07, 6.45) is 9.37. The van der Waals surface area contributed by atoms with Crippen LogP contribution in [0.5, 0.6) is 0 Å². The van der Waals surface area contributed by atoms with E-state index in [4.69, 9.17) is 4.74 Å². The van der Waals surface area contributed by atoms with Gasteiger partial charge in [0.15, 0.2) is 0 Å². The van der Waals surface area contributed by atoms with Crippen molar-refractivity contribution >= 4 is 5.82 Å². The van der Waals surface area contributed by atoms with Gasteiger partial charge in [-0.25, -0.2) is 15.0 Å². The summed E-state index contributed by atoms with van der Waals surface area (Å²) in [6.45, 7) is 2.98. The number of hydrogen-bond acceptors (Lipinski definition) is 5. The van der Waals surface area contributed by atoms with Crippen LogP contribution >= 0.6 is 0 Å². The van der Waals surface area contributed by atoms with E-state index in [0.717, 1.165) is 31.1 Å². The second kappa shape index (κ2) is 5.36. The maximum atomic E-state index is 5.67. The highest BCUT2D eigenvalue weighted by molar-refractivity contribution is 5.41. The van der Waals surface area contributed by atoms with Crippen molar-refractivity contribution in [3.8, 4) is 5.82 Å². The van der Waals surface area contributed by atoms with Gasteiger partial charge >= 0.3 is 0 Å². The van der Waals surface area contributed by atoms with Crippen molar-refractivity contribution in [3.05, 3.63) is 31.1 Å². The lowest BCUT2D eigenvalue weighted by atomic mass is 10.1. The summed E-state index contributed by atoms with van der Waals surface area (Å²) in [5.41, 5.74) is 0. The van der Waals surface area contributed by atoms with E-state index in [0.29, 0.717) is 0 Å². The normalized spacial score (nSPS) is 20.4. The zero-order valence-electron chi connectivity index (χ0n) is 10.9. The smallest absolute Gasteiger partial charge is 0.143 e. The van der Waals surface area contributed by atoms with Gasteiger partial charge in [0.05, 0.1) is 12.1 Å². The van der Waals surface area contributed by atoms with Gasteiger partial charge in [0, 0.05) is 25.1 Å². The van der Waals surface area contributed by atoms with Crippen LogP contribution in [0.1, 0.15) is 19.8 Å². The molecule has 6 nitrogen and oxygen atoms in total. The largest absolute Gasteiger partial charge is 0.376 e. The zero-order valence-corrected chi connectivity index (χ0v) is 10.9. The Labute approximate surface area is 111 Å². The summed E-state index contributed by atoms with van der Waals surface area (Å²) in [7, 11) is 0. The molecule has 1 aliphatic rings. The third-order valence-electron chi connectivity index (χ3n) is 3.32. The third-order valence-corrected chi connectivity index (χ3v) is 3.32. The lowest BCUT2D eigenvalue weighted by Gasteiger charge is -2.20. The highest BCUT2D eigenvalue weighted by atomic mass is 16.5. The fourth-order valence-electron chi connectivity index (χ4n) is 2.28. The molecule has 2 aromatic rings. The van der Waals surface area contributed by atoms with Crippen LogP contribution in [-0.2, 0) is 4.74 Å². The Hall–Kier alpha value is -1.95. The Morgan fingerprint density at radius 2 is 2.42 bits per heavy atom. The maximum Gasteiger partial charge on any atom is 0.143 e. The first-order valence-electron chi connectivity index (χ1n) is 6.51. The Morgan fingerprint density at radius 3 is 3.16 bits per heavy atom. The number of aromatic nitrogens is 4. The van der Waals surface area contributed by atoms with Crippen LogP contribution in [0.2, 0.25) is 0 Å². The van der Waals surface area contributed by atoms with E-state index >= 15 is 0 Å². The number of hydrogen-bond donors (Lipinski definition) is 1. The molecule has 0 radical (unpaired) electrons. The molecule has 100 valence electrons. The van der Waals surface area contributed by atoms with Crippen molar-refractivity contribution in [1.29, 1.82) is 0 Å². The first kappa shape index (κ1) is 12.1. The molecule has 1 aliphatic heterocycles. The lowest BCUT2D eigenvalue weighted by molar-refractivity contribution is 0.0995. The molecular formula is C13H17N5O. The summed E-state index contributed by atoms with van der Waals surface area (Å²) in [6, 6.07) is 2.15. The van der Waals surface area contributed by atoms with Crippen molar-refractivity contribution in [2.75, 3.05) is 11.9 Å². The van der Waals surface area contributed by atoms with E-state index in [-0.39, 0.29) is 12.1 Å². The molecule has 3 rings (SSSR count). The number of rotatable bonds is 4. The maximum absolute atomic E-state index is 5.67. The topological polar surface area (TPSA) is 64.9 Å². The molecule has 2 aromatic heterocycles. The molecule has 1 N–H and O–H groups in total. The fraction of sp³-hybridized carbons (Fsp3) is 0.462. The monoisotopic (exact) mass is 259 g/mol. The zero-order chi connectivity index (χ0) is 13.1. The van der Waals surface area contributed by atoms with Crippen LogP contribution in [0, 0.1) is 0 Å². The molecule has 0 saturated carbocycles. The van der Waals surface area contributed by atoms with Gasteiger partial charge in [-0.1, -0.05) is 0 Å². The van der Waals surface area contributed by atoms with Gasteiger partial charge in [-0.3, -0.25) is 4.57 Å². The Balaban J connectivity index is 1.72. The van der Waals surface area contributed by atoms with Gasteiger partial charge < -0.3 is 10.1 Å². The second-order valence-electron chi connectivity index (χ2n) is 4.72. The second-order valence-corrected chi connectivity index (χ2v) is 4.72. The van der Waals surface area contributed by atoms with E-state index < -0.39 is 0 Å². The Bertz CT molecular complexity index is 522. The van der Waals surface area contributed by atoms with Crippen molar-refractivity contribution in [1.82, 2.24) is 19.5 Å². The van der Waals surface area contributed by atoms with Crippen molar-refractivity contribution in [2.24, 2.45) is 0 Å². The van der Waals surface area contributed by atoms with Gasteiger partial charge in [0.1, 0.15) is 24.3 Å². The van der Waals surface area contributed by atoms with Gasteiger partial charge in [-0.15, -0.1) is 0 Å². The third kappa shape index (κ3) is 2.73. The number of nitrogens with one attached hydrogen (secondary N) is 1. The predicted molar refractivity (Wildman–Crippen MR) is 71.2 cm³/mol. The number of nitrogens with zero attached hydrogens (tertiary/aromatic N) is 4. The average molecular weight is 259 g/mol. The molecule has 19 heavy (non-hydrogen) atoms. The van der Waals surface area contributed by atoms with Gasteiger partial charge in [-0.2, -0.15) is 0 Å². The van der Waals surface area contributed by atoms with E-state index in [1.165, 1.54) is 0 Å². The van der Waals surface area contributed by atoms with E-state index in [1.54, 1.807) is 18.9 Å². The Kier molecular flexibility index (Phi) is 3.41. The molecule has 6 heteroatoms. The molecule has 0 amide bonds. The first-order valence-corrected chi connectivity index (χ1v) is 6.51. The number of anilines is 1. The molecule has 0 unspecified atom stereocenters. The fourth-order valence-corrected chi connectivity index (χ4v) is 2.28. The molecule has 1 saturated heterocycles. The van der Waals surface area contributed by atoms with Crippen LogP contribution in [0.15, 0.2) is 31.1 Å². The molecule has 0 spiro atoms. The minimum absolute atomic E-state index is 0.244. The average Bonchev–Trinajstić information content (AvgIpc) is 3.13. The lowest BCUT2D eigenvalue weighted by Crippen LogP contribution is -2.30. The molecule has 2 atom stereocenters. The number of ether oxygens (including phenoxy) is 1. The van der Waals surface area contributed by atoms with Crippen LogP contribution in [0.4, 0.5) is 5.82 Å². The van der Waals surface area contributed by atoms with Gasteiger partial charge in [-0.05, 0) is 19.8 Å². The molecule has 1 fully saturated rings. The molecule has 0 bridgehead atoms. The minimum Gasteiger partial charge on any atom is -0.376 e. The quantitative estimate of drug-likeness (QED) is 0.904. The number of imidazole rings is 1. The van der Waals surface area contributed by atoms with E-state index in [2.05, 4.69) is 27.2 Å². The predicted octanol–water partition coefficient (Wildman–Crippen LogP) is 1.64. The van der Waals surface area contributed by atoms with Gasteiger partial charge in [0.25, 0.3) is 0 Å². The summed E-state index contributed by atoms with van der Waals surface area (Å²) < 4.78 is 7.52. The summed E-state index contributed by atoms with van der Waals surface area (Å²) in [4.78, 5) is 12.5. The van der Waals surface area contributed by atoms with Crippen molar-refractivity contribution in [3.63, 3.8) is 0 Å². The standard InChI is InChI=1S/C13H17N5O/c1-10(11-3-2-6-19-11)17-12-7-13(16-8-15-12)18-5-4-14-9-18/h4-5,7-11H,2-3,6H2,1H3,(H,15,16,17)/t10-,11-/m0/s1. The van der Waals surface area contributed by atoms with Crippen molar-refractivity contribution < 1.29 is 4.74 Å². The van der Waals surface area contributed by atoms with Crippen LogP contribution < -0.4 is 5.32 Å². The molecule has 0 aromatic carbocycles. The van der Waals surface area contributed by atoms with E-state index in [1.807, 2.05) is 16.8 Å². The first-order chi connectivity index (χ1) is 9.33. The summed E-state index contributed by atoms with van der Waals surface area (Å²) >= 11 is 0. The SMILES string of the molecule is C[C@H](Nc1cc(-n2ccnc2)ncn1)[C@@H]1CCCO1. The molecule has 3 heterocycles. The van der Waals surface area contributed by atoms with E-state index in [9.17, 15) is 0 Å². The molecule has 0 aliphatic carbocycles. The Morgan fingerprint density at radius 1 is 1.47 bits per heavy atom. The minimum atomic E-state index is 0.244. The molecular weight excluding hydrogens is 242 g/mol.